The third-order valence-electron chi connectivity index (χ3n) is 3.88. The van der Waals surface area contributed by atoms with Crippen molar-refractivity contribution in [3.8, 4) is 11.5 Å². The summed E-state index contributed by atoms with van der Waals surface area (Å²) in [5, 5.41) is 5.57. The molecule has 2 aromatic rings. The van der Waals surface area contributed by atoms with Crippen LogP contribution in [0.2, 0.25) is 0 Å². The summed E-state index contributed by atoms with van der Waals surface area (Å²) in [6, 6.07) is 14.5. The number of benzene rings is 2. The summed E-state index contributed by atoms with van der Waals surface area (Å²) in [6.07, 6.45) is 0.874. The Balaban J connectivity index is 1.72. The first-order valence-corrected chi connectivity index (χ1v) is 8.45. The largest absolute Gasteiger partial charge is 0.497 e. The molecule has 0 radical (unpaired) electrons. The maximum atomic E-state index is 12.0. The molecule has 0 aliphatic carbocycles. The van der Waals surface area contributed by atoms with Crippen molar-refractivity contribution in [2.75, 3.05) is 27.3 Å². The van der Waals surface area contributed by atoms with E-state index < -0.39 is 0 Å². The number of ether oxygens (including phenoxy) is 2. The minimum atomic E-state index is -0.152. The number of carbonyl (C=O) groups is 2. The highest BCUT2D eigenvalue weighted by molar-refractivity contribution is 5.94. The highest BCUT2D eigenvalue weighted by Crippen LogP contribution is 2.24. The molecule has 0 bridgehead atoms. The summed E-state index contributed by atoms with van der Waals surface area (Å²) in [7, 11) is 3.20. The minimum Gasteiger partial charge on any atom is -0.497 e. The van der Waals surface area contributed by atoms with Crippen LogP contribution in [-0.2, 0) is 11.2 Å². The van der Waals surface area contributed by atoms with Crippen LogP contribution in [-0.4, -0.2) is 39.1 Å². The number of nitrogens with one attached hydrogen (secondary N) is 2. The van der Waals surface area contributed by atoms with Crippen LogP contribution in [0.25, 0.3) is 0 Å². The van der Waals surface area contributed by atoms with Gasteiger partial charge in [-0.3, -0.25) is 9.59 Å². The summed E-state index contributed by atoms with van der Waals surface area (Å²) in [6.45, 7) is 0.759. The van der Waals surface area contributed by atoms with Gasteiger partial charge in [0.15, 0.2) is 0 Å². The molecule has 26 heavy (non-hydrogen) atoms. The fourth-order valence-corrected chi connectivity index (χ4v) is 2.48. The number of aryl methyl sites for hydroxylation is 1. The Kier molecular flexibility index (Phi) is 7.49. The lowest BCUT2D eigenvalue weighted by Crippen LogP contribution is -2.34. The van der Waals surface area contributed by atoms with Crippen molar-refractivity contribution in [3.05, 3.63) is 59.7 Å². The normalized spacial score (nSPS) is 10.1. The fourth-order valence-electron chi connectivity index (χ4n) is 2.48. The maximum absolute atomic E-state index is 12.0. The SMILES string of the molecule is COc1ccc(OC)c(CCC(=O)NCCNC(=O)c2ccccc2)c1. The van der Waals surface area contributed by atoms with Crippen molar-refractivity contribution in [2.45, 2.75) is 12.8 Å². The number of hydrogen-bond donors (Lipinski definition) is 2. The van der Waals surface area contributed by atoms with E-state index in [1.54, 1.807) is 26.4 Å². The monoisotopic (exact) mass is 356 g/mol. The molecule has 0 aliphatic heterocycles. The van der Waals surface area contributed by atoms with Crippen molar-refractivity contribution in [3.63, 3.8) is 0 Å². The Morgan fingerprint density at radius 3 is 2.35 bits per heavy atom. The molecule has 0 saturated carbocycles. The molecular weight excluding hydrogens is 332 g/mol. The van der Waals surface area contributed by atoms with E-state index in [0.29, 0.717) is 31.5 Å². The lowest BCUT2D eigenvalue weighted by molar-refractivity contribution is -0.121. The molecule has 6 heteroatoms. The Hall–Kier alpha value is -3.02. The van der Waals surface area contributed by atoms with Crippen molar-refractivity contribution in [2.24, 2.45) is 0 Å². The highest BCUT2D eigenvalue weighted by Gasteiger charge is 2.09. The zero-order chi connectivity index (χ0) is 18.8. The lowest BCUT2D eigenvalue weighted by Gasteiger charge is -2.11. The summed E-state index contributed by atoms with van der Waals surface area (Å²) in [5.74, 6) is 1.23. The number of rotatable bonds is 9. The molecule has 6 nitrogen and oxygen atoms in total. The summed E-state index contributed by atoms with van der Waals surface area (Å²) >= 11 is 0. The van der Waals surface area contributed by atoms with Crippen LogP contribution in [0.15, 0.2) is 48.5 Å². The van der Waals surface area contributed by atoms with Gasteiger partial charge in [-0.1, -0.05) is 18.2 Å². The number of carbonyl (C=O) groups excluding carboxylic acids is 2. The predicted octanol–water partition coefficient (Wildman–Crippen LogP) is 2.18. The van der Waals surface area contributed by atoms with Gasteiger partial charge in [0, 0.05) is 25.1 Å². The average Bonchev–Trinajstić information content (AvgIpc) is 2.69. The molecule has 0 aliphatic rings. The van der Waals surface area contributed by atoms with Crippen molar-refractivity contribution >= 4 is 11.8 Å². The van der Waals surface area contributed by atoms with Crippen LogP contribution < -0.4 is 20.1 Å². The van der Waals surface area contributed by atoms with Crippen LogP contribution >= 0.6 is 0 Å². The van der Waals surface area contributed by atoms with E-state index in [-0.39, 0.29) is 11.8 Å². The molecule has 0 fully saturated rings. The molecule has 0 unspecified atom stereocenters. The Labute approximate surface area is 153 Å². The minimum absolute atomic E-state index is 0.0798. The molecule has 2 amide bonds. The second kappa shape index (κ2) is 10.1. The van der Waals surface area contributed by atoms with Crippen molar-refractivity contribution < 1.29 is 19.1 Å². The second-order valence-corrected chi connectivity index (χ2v) is 5.65. The Morgan fingerprint density at radius 2 is 1.65 bits per heavy atom. The van der Waals surface area contributed by atoms with E-state index in [1.165, 1.54) is 0 Å². The highest BCUT2D eigenvalue weighted by atomic mass is 16.5. The Morgan fingerprint density at radius 1 is 0.923 bits per heavy atom. The van der Waals surface area contributed by atoms with E-state index >= 15 is 0 Å². The molecule has 2 N–H and O–H groups in total. The second-order valence-electron chi connectivity index (χ2n) is 5.65. The van der Waals surface area contributed by atoms with Crippen LogP contribution in [0, 0.1) is 0 Å². The third-order valence-corrected chi connectivity index (χ3v) is 3.88. The molecule has 2 rings (SSSR count). The fraction of sp³-hybridized carbons (Fsp3) is 0.300. The summed E-state index contributed by atoms with van der Waals surface area (Å²) in [4.78, 5) is 23.9. The van der Waals surface area contributed by atoms with Gasteiger partial charge in [0.2, 0.25) is 5.91 Å². The zero-order valence-electron chi connectivity index (χ0n) is 15.1. The third kappa shape index (κ3) is 5.81. The topological polar surface area (TPSA) is 76.7 Å². The van der Waals surface area contributed by atoms with Crippen LogP contribution in [0.3, 0.4) is 0 Å². The van der Waals surface area contributed by atoms with Gasteiger partial charge in [0.25, 0.3) is 5.91 Å². The van der Waals surface area contributed by atoms with Gasteiger partial charge >= 0.3 is 0 Å². The molecule has 138 valence electrons. The number of methoxy groups -OCH3 is 2. The van der Waals surface area contributed by atoms with Crippen molar-refractivity contribution in [1.82, 2.24) is 10.6 Å². The smallest absolute Gasteiger partial charge is 0.251 e. The van der Waals surface area contributed by atoms with Gasteiger partial charge in [0.05, 0.1) is 14.2 Å². The maximum Gasteiger partial charge on any atom is 0.251 e. The molecule has 0 aromatic heterocycles. The van der Waals surface area contributed by atoms with Gasteiger partial charge < -0.3 is 20.1 Å². The molecular formula is C20H24N2O4. The number of hydrogen-bond acceptors (Lipinski definition) is 4. The van der Waals surface area contributed by atoms with Gasteiger partial charge in [-0.2, -0.15) is 0 Å². The van der Waals surface area contributed by atoms with E-state index in [1.807, 2.05) is 36.4 Å². The molecule has 0 atom stereocenters. The van der Waals surface area contributed by atoms with Crippen molar-refractivity contribution in [1.29, 1.82) is 0 Å². The zero-order valence-corrected chi connectivity index (χ0v) is 15.1. The lowest BCUT2D eigenvalue weighted by atomic mass is 10.1. The summed E-state index contributed by atoms with van der Waals surface area (Å²) in [5.41, 5.74) is 1.52. The van der Waals surface area contributed by atoms with E-state index in [9.17, 15) is 9.59 Å². The Bertz CT molecular complexity index is 732. The van der Waals surface area contributed by atoms with Crippen LogP contribution in [0.1, 0.15) is 22.3 Å². The number of amides is 2. The van der Waals surface area contributed by atoms with E-state index in [0.717, 1.165) is 17.1 Å². The van der Waals surface area contributed by atoms with E-state index in [4.69, 9.17) is 9.47 Å². The van der Waals surface area contributed by atoms with Gasteiger partial charge in [0.1, 0.15) is 11.5 Å². The summed E-state index contributed by atoms with van der Waals surface area (Å²) < 4.78 is 10.5. The quantitative estimate of drug-likeness (QED) is 0.675. The first-order chi connectivity index (χ1) is 12.6. The standard InChI is InChI=1S/C20H24N2O4/c1-25-17-9-10-18(26-2)16(14-17)8-11-19(23)21-12-13-22-20(24)15-6-4-3-5-7-15/h3-7,9-10,14H,8,11-13H2,1-2H3,(H,21,23)(H,22,24). The first kappa shape index (κ1) is 19.3. The van der Waals surface area contributed by atoms with Gasteiger partial charge in [-0.15, -0.1) is 0 Å². The van der Waals surface area contributed by atoms with Crippen LogP contribution in [0.5, 0.6) is 11.5 Å². The molecule has 0 heterocycles. The van der Waals surface area contributed by atoms with Gasteiger partial charge in [-0.05, 0) is 42.3 Å². The molecule has 0 spiro atoms. The first-order valence-electron chi connectivity index (χ1n) is 8.45. The van der Waals surface area contributed by atoms with Gasteiger partial charge in [-0.25, -0.2) is 0 Å². The molecule has 2 aromatic carbocycles. The average molecular weight is 356 g/mol. The predicted molar refractivity (Wildman–Crippen MR) is 99.7 cm³/mol. The molecule has 0 saturated heterocycles. The van der Waals surface area contributed by atoms with E-state index in [2.05, 4.69) is 10.6 Å². The van der Waals surface area contributed by atoms with Crippen LogP contribution in [0.4, 0.5) is 0 Å².